The molecule has 1 rings (SSSR count). The van der Waals surface area contributed by atoms with E-state index >= 15 is 0 Å². The standard InChI is InChI=1S/C10H11NO2S/c1-7(5-12)3-4-9-8(2)11-10(13)6-14-9/h3-5H,1,6H2,2H3,(H,11,13)/b4-3-. The number of nitrogens with one attached hydrogen (secondary N) is 1. The maximum Gasteiger partial charge on any atom is 0.234 e. The molecule has 0 atom stereocenters. The minimum Gasteiger partial charge on any atom is -0.328 e. The molecule has 1 amide bonds. The molecular weight excluding hydrogens is 198 g/mol. The molecule has 0 saturated heterocycles. The lowest BCUT2D eigenvalue weighted by molar-refractivity contribution is -0.118. The van der Waals surface area contributed by atoms with Gasteiger partial charge < -0.3 is 5.32 Å². The molecule has 1 aliphatic heterocycles. The Balaban J connectivity index is 2.73. The second kappa shape index (κ2) is 4.81. The number of thioether (sulfide) groups is 1. The van der Waals surface area contributed by atoms with Crippen molar-refractivity contribution in [3.63, 3.8) is 0 Å². The van der Waals surface area contributed by atoms with Crippen LogP contribution in [0.4, 0.5) is 0 Å². The van der Waals surface area contributed by atoms with Crippen molar-refractivity contribution in [3.8, 4) is 0 Å². The number of hydrogen-bond acceptors (Lipinski definition) is 3. The van der Waals surface area contributed by atoms with Gasteiger partial charge in [-0.05, 0) is 13.0 Å². The number of aldehydes is 1. The van der Waals surface area contributed by atoms with Crippen molar-refractivity contribution in [2.45, 2.75) is 6.92 Å². The van der Waals surface area contributed by atoms with Crippen molar-refractivity contribution >= 4 is 24.0 Å². The SMILES string of the molecule is C=C(C=O)/C=C\C1=C(C)NC(=O)CS1. The highest BCUT2D eigenvalue weighted by Gasteiger charge is 2.12. The molecule has 0 fully saturated rings. The first-order valence-corrected chi connectivity index (χ1v) is 5.07. The van der Waals surface area contributed by atoms with Crippen LogP contribution in [0.2, 0.25) is 0 Å². The molecule has 0 aromatic heterocycles. The topological polar surface area (TPSA) is 46.2 Å². The van der Waals surface area contributed by atoms with Crippen LogP contribution in [0.15, 0.2) is 34.9 Å². The van der Waals surface area contributed by atoms with Crippen LogP contribution in [0, 0.1) is 0 Å². The van der Waals surface area contributed by atoms with Crippen LogP contribution in [0.1, 0.15) is 6.92 Å². The van der Waals surface area contributed by atoms with Gasteiger partial charge in [0.1, 0.15) is 6.29 Å². The normalized spacial score (nSPS) is 17.1. The number of allylic oxidation sites excluding steroid dienone is 4. The van der Waals surface area contributed by atoms with E-state index in [1.54, 1.807) is 12.2 Å². The molecule has 0 aromatic carbocycles. The van der Waals surface area contributed by atoms with E-state index in [9.17, 15) is 9.59 Å². The Morgan fingerprint density at radius 2 is 2.36 bits per heavy atom. The fraction of sp³-hybridized carbons (Fsp3) is 0.200. The molecule has 0 aromatic rings. The summed E-state index contributed by atoms with van der Waals surface area (Å²) in [6, 6.07) is 0. The van der Waals surface area contributed by atoms with E-state index in [-0.39, 0.29) is 5.91 Å². The van der Waals surface area contributed by atoms with Crippen LogP contribution in [-0.4, -0.2) is 17.9 Å². The summed E-state index contributed by atoms with van der Waals surface area (Å²) in [5.74, 6) is 0.434. The van der Waals surface area contributed by atoms with Crippen molar-refractivity contribution in [1.29, 1.82) is 0 Å². The van der Waals surface area contributed by atoms with E-state index in [0.29, 0.717) is 17.6 Å². The lowest BCUT2D eigenvalue weighted by Gasteiger charge is -2.15. The van der Waals surface area contributed by atoms with Gasteiger partial charge in [0.25, 0.3) is 0 Å². The van der Waals surface area contributed by atoms with Gasteiger partial charge in [0.2, 0.25) is 5.91 Å². The Labute approximate surface area is 86.9 Å². The predicted molar refractivity (Wildman–Crippen MR) is 57.6 cm³/mol. The minimum atomic E-state index is 0.0128. The molecule has 0 aliphatic carbocycles. The average Bonchev–Trinajstić information content (AvgIpc) is 2.16. The van der Waals surface area contributed by atoms with Gasteiger partial charge in [-0.2, -0.15) is 0 Å². The molecule has 0 bridgehead atoms. The third kappa shape index (κ3) is 2.88. The smallest absolute Gasteiger partial charge is 0.234 e. The van der Waals surface area contributed by atoms with Gasteiger partial charge >= 0.3 is 0 Å². The third-order valence-corrected chi connectivity index (χ3v) is 2.82. The Morgan fingerprint density at radius 3 is 2.93 bits per heavy atom. The summed E-state index contributed by atoms with van der Waals surface area (Å²) in [6.07, 6.45) is 4.12. The molecule has 1 aliphatic rings. The first-order valence-electron chi connectivity index (χ1n) is 4.09. The molecule has 0 saturated carbocycles. The minimum absolute atomic E-state index is 0.0128. The third-order valence-electron chi connectivity index (χ3n) is 1.66. The van der Waals surface area contributed by atoms with Gasteiger partial charge in [0.05, 0.1) is 5.75 Å². The van der Waals surface area contributed by atoms with Gasteiger partial charge in [0.15, 0.2) is 0 Å². The molecule has 3 nitrogen and oxygen atoms in total. The first kappa shape index (κ1) is 10.8. The van der Waals surface area contributed by atoms with Crippen molar-refractivity contribution < 1.29 is 9.59 Å². The highest BCUT2D eigenvalue weighted by atomic mass is 32.2. The molecule has 4 heteroatoms. The quantitative estimate of drug-likeness (QED) is 0.434. The maximum absolute atomic E-state index is 10.9. The fourth-order valence-electron chi connectivity index (χ4n) is 0.953. The summed E-state index contributed by atoms with van der Waals surface area (Å²) in [7, 11) is 0. The van der Waals surface area contributed by atoms with E-state index in [4.69, 9.17) is 0 Å². The summed E-state index contributed by atoms with van der Waals surface area (Å²) < 4.78 is 0. The van der Waals surface area contributed by atoms with Gasteiger partial charge in [-0.25, -0.2) is 0 Å². The van der Waals surface area contributed by atoms with E-state index < -0.39 is 0 Å². The van der Waals surface area contributed by atoms with Crippen LogP contribution < -0.4 is 5.32 Å². The summed E-state index contributed by atoms with van der Waals surface area (Å²) in [5.41, 5.74) is 1.24. The number of carbonyl (C=O) groups is 2. The molecule has 0 spiro atoms. The lowest BCUT2D eigenvalue weighted by Crippen LogP contribution is -2.27. The Kier molecular flexibility index (Phi) is 3.71. The van der Waals surface area contributed by atoms with Crippen molar-refractivity contribution in [1.82, 2.24) is 5.32 Å². The number of rotatable bonds is 3. The van der Waals surface area contributed by atoms with Crippen LogP contribution in [0.5, 0.6) is 0 Å². The van der Waals surface area contributed by atoms with Gasteiger partial charge in [-0.15, -0.1) is 11.8 Å². The number of amides is 1. The van der Waals surface area contributed by atoms with Gasteiger partial charge in [0, 0.05) is 16.2 Å². The Hall–Kier alpha value is -1.29. The Morgan fingerprint density at radius 1 is 1.64 bits per heavy atom. The number of carbonyl (C=O) groups excluding carboxylic acids is 2. The molecule has 14 heavy (non-hydrogen) atoms. The van der Waals surface area contributed by atoms with Crippen LogP contribution in [-0.2, 0) is 9.59 Å². The highest BCUT2D eigenvalue weighted by molar-refractivity contribution is 8.04. The summed E-state index contributed by atoms with van der Waals surface area (Å²) in [5, 5.41) is 2.72. The van der Waals surface area contributed by atoms with Gasteiger partial charge in [-0.1, -0.05) is 12.7 Å². The summed E-state index contributed by atoms with van der Waals surface area (Å²) in [4.78, 5) is 22.2. The predicted octanol–water partition coefficient (Wildman–Crippen LogP) is 1.39. The molecule has 1 N–H and O–H groups in total. The van der Waals surface area contributed by atoms with E-state index in [0.717, 1.165) is 10.6 Å². The summed E-state index contributed by atoms with van der Waals surface area (Å²) >= 11 is 1.46. The molecule has 0 unspecified atom stereocenters. The fourth-order valence-corrected chi connectivity index (χ4v) is 1.74. The van der Waals surface area contributed by atoms with E-state index in [2.05, 4.69) is 11.9 Å². The van der Waals surface area contributed by atoms with Gasteiger partial charge in [-0.3, -0.25) is 9.59 Å². The zero-order chi connectivity index (χ0) is 10.6. The Bertz CT molecular complexity index is 342. The maximum atomic E-state index is 10.9. The van der Waals surface area contributed by atoms with E-state index in [1.165, 1.54) is 11.8 Å². The second-order valence-corrected chi connectivity index (χ2v) is 3.87. The summed E-state index contributed by atoms with van der Waals surface area (Å²) in [6.45, 7) is 5.35. The van der Waals surface area contributed by atoms with Crippen molar-refractivity contribution in [2.24, 2.45) is 0 Å². The van der Waals surface area contributed by atoms with Crippen LogP contribution in [0.25, 0.3) is 0 Å². The lowest BCUT2D eigenvalue weighted by atomic mass is 10.3. The monoisotopic (exact) mass is 209 g/mol. The molecular formula is C10H11NO2S. The van der Waals surface area contributed by atoms with Crippen LogP contribution in [0.3, 0.4) is 0 Å². The average molecular weight is 209 g/mol. The van der Waals surface area contributed by atoms with E-state index in [1.807, 2.05) is 6.92 Å². The highest BCUT2D eigenvalue weighted by Crippen LogP contribution is 2.23. The van der Waals surface area contributed by atoms with Crippen LogP contribution >= 0.6 is 11.8 Å². The first-order chi connectivity index (χ1) is 6.63. The second-order valence-electron chi connectivity index (χ2n) is 2.85. The zero-order valence-corrected chi connectivity index (χ0v) is 8.69. The number of hydrogen-bond donors (Lipinski definition) is 1. The molecule has 0 radical (unpaired) electrons. The van der Waals surface area contributed by atoms with Crippen molar-refractivity contribution in [3.05, 3.63) is 34.9 Å². The van der Waals surface area contributed by atoms with Crippen molar-refractivity contribution in [2.75, 3.05) is 5.75 Å². The molecule has 74 valence electrons. The largest absolute Gasteiger partial charge is 0.328 e. The molecule has 1 heterocycles. The zero-order valence-electron chi connectivity index (χ0n) is 7.87.